The lowest BCUT2D eigenvalue weighted by molar-refractivity contribution is 0.341. The van der Waals surface area contributed by atoms with Gasteiger partial charge in [0.25, 0.3) is 5.71 Å². The van der Waals surface area contributed by atoms with Crippen molar-refractivity contribution in [2.24, 2.45) is 0 Å². The monoisotopic (exact) mass is 269 g/mol. The third-order valence-electron chi connectivity index (χ3n) is 3.08. The van der Waals surface area contributed by atoms with Crippen molar-refractivity contribution in [3.05, 3.63) is 36.0 Å². The molecule has 0 fully saturated rings. The van der Waals surface area contributed by atoms with Crippen LogP contribution in [0.5, 0.6) is 5.75 Å². The lowest BCUT2D eigenvalue weighted by atomic mass is 10.0. The van der Waals surface area contributed by atoms with Gasteiger partial charge in [0.15, 0.2) is 5.82 Å². The Morgan fingerprint density at radius 3 is 2.85 bits per heavy atom. The molecule has 0 aliphatic heterocycles. The van der Waals surface area contributed by atoms with Crippen LogP contribution in [0.1, 0.15) is 12.6 Å². The number of hydrogen-bond acceptors (Lipinski definition) is 5. The standard InChI is InChI=1S/C15H15N3O2/c1-3-19-12-7-5-4-6-10(12)11-8-9(2)17-15-13(11)14(16)18-20-15/h4-8H,3H2,1-2H3,(H2,16,18). The Kier molecular flexibility index (Phi) is 3.02. The van der Waals surface area contributed by atoms with E-state index in [1.54, 1.807) is 0 Å². The van der Waals surface area contributed by atoms with Gasteiger partial charge in [0.2, 0.25) is 0 Å². The van der Waals surface area contributed by atoms with E-state index in [4.69, 9.17) is 15.0 Å². The van der Waals surface area contributed by atoms with Crippen LogP contribution >= 0.6 is 0 Å². The van der Waals surface area contributed by atoms with Crippen LogP contribution in [0.2, 0.25) is 0 Å². The van der Waals surface area contributed by atoms with Crippen LogP contribution in [0.25, 0.3) is 22.2 Å². The van der Waals surface area contributed by atoms with Crippen molar-refractivity contribution in [1.82, 2.24) is 10.1 Å². The molecule has 0 radical (unpaired) electrons. The van der Waals surface area contributed by atoms with E-state index in [1.165, 1.54) is 0 Å². The van der Waals surface area contributed by atoms with Gasteiger partial charge in [0, 0.05) is 16.8 Å². The molecule has 0 atom stereocenters. The highest BCUT2D eigenvalue weighted by molar-refractivity contribution is 6.00. The highest BCUT2D eigenvalue weighted by atomic mass is 16.5. The van der Waals surface area contributed by atoms with E-state index in [0.717, 1.165) is 28.0 Å². The molecule has 102 valence electrons. The summed E-state index contributed by atoms with van der Waals surface area (Å²) >= 11 is 0. The zero-order valence-corrected chi connectivity index (χ0v) is 11.4. The number of rotatable bonds is 3. The largest absolute Gasteiger partial charge is 0.493 e. The zero-order valence-electron chi connectivity index (χ0n) is 11.4. The van der Waals surface area contributed by atoms with Crippen molar-refractivity contribution in [3.8, 4) is 16.9 Å². The summed E-state index contributed by atoms with van der Waals surface area (Å²) in [5.74, 6) is 1.15. The van der Waals surface area contributed by atoms with E-state index < -0.39 is 0 Å². The van der Waals surface area contributed by atoms with Gasteiger partial charge in [-0.3, -0.25) is 0 Å². The summed E-state index contributed by atoms with van der Waals surface area (Å²) in [5, 5.41) is 4.52. The van der Waals surface area contributed by atoms with Gasteiger partial charge in [-0.25, -0.2) is 4.98 Å². The molecule has 2 N–H and O–H groups in total. The molecule has 20 heavy (non-hydrogen) atoms. The number of para-hydroxylation sites is 1. The molecule has 0 bridgehead atoms. The number of nitrogens with zero attached hydrogens (tertiary/aromatic N) is 2. The Morgan fingerprint density at radius 1 is 1.25 bits per heavy atom. The number of anilines is 1. The lowest BCUT2D eigenvalue weighted by Crippen LogP contribution is -1.95. The number of fused-ring (bicyclic) bond motifs is 1. The van der Waals surface area contributed by atoms with Crippen LogP contribution in [0.3, 0.4) is 0 Å². The van der Waals surface area contributed by atoms with Gasteiger partial charge in [0.1, 0.15) is 5.75 Å². The highest BCUT2D eigenvalue weighted by Gasteiger charge is 2.16. The molecule has 5 nitrogen and oxygen atoms in total. The third-order valence-corrected chi connectivity index (χ3v) is 3.08. The van der Waals surface area contributed by atoms with Crippen LogP contribution in [0.15, 0.2) is 34.9 Å². The van der Waals surface area contributed by atoms with Crippen molar-refractivity contribution < 1.29 is 9.26 Å². The van der Waals surface area contributed by atoms with Gasteiger partial charge in [-0.1, -0.05) is 23.4 Å². The topological polar surface area (TPSA) is 74.2 Å². The molecule has 2 heterocycles. The van der Waals surface area contributed by atoms with Crippen molar-refractivity contribution in [1.29, 1.82) is 0 Å². The summed E-state index contributed by atoms with van der Waals surface area (Å²) in [6.07, 6.45) is 0. The predicted molar refractivity (Wildman–Crippen MR) is 77.6 cm³/mol. The predicted octanol–water partition coefficient (Wildman–Crippen LogP) is 3.18. The fourth-order valence-corrected chi connectivity index (χ4v) is 2.28. The van der Waals surface area contributed by atoms with E-state index in [1.807, 2.05) is 44.2 Å². The van der Waals surface area contributed by atoms with Crippen molar-refractivity contribution >= 4 is 16.9 Å². The molecule has 0 unspecified atom stereocenters. The number of nitrogens with two attached hydrogens (primary N) is 1. The fourth-order valence-electron chi connectivity index (χ4n) is 2.28. The first-order chi connectivity index (χ1) is 9.70. The average Bonchev–Trinajstić information content (AvgIpc) is 2.80. The first-order valence-electron chi connectivity index (χ1n) is 6.45. The zero-order chi connectivity index (χ0) is 14.1. The van der Waals surface area contributed by atoms with Gasteiger partial charge in [0.05, 0.1) is 12.0 Å². The van der Waals surface area contributed by atoms with Gasteiger partial charge < -0.3 is 15.0 Å². The molecule has 2 aromatic heterocycles. The van der Waals surface area contributed by atoms with Crippen molar-refractivity contribution in [3.63, 3.8) is 0 Å². The molecule has 3 rings (SSSR count). The van der Waals surface area contributed by atoms with E-state index in [-0.39, 0.29) is 0 Å². The second kappa shape index (κ2) is 4.85. The summed E-state index contributed by atoms with van der Waals surface area (Å²) in [6.45, 7) is 4.46. The van der Waals surface area contributed by atoms with E-state index in [2.05, 4.69) is 10.1 Å². The molecule has 5 heteroatoms. The molecule has 0 amide bonds. The summed E-state index contributed by atoms with van der Waals surface area (Å²) in [6, 6.07) is 9.80. The van der Waals surface area contributed by atoms with Crippen LogP contribution in [0, 0.1) is 6.92 Å². The normalized spacial score (nSPS) is 10.9. The fraction of sp³-hybridized carbons (Fsp3) is 0.200. The van der Waals surface area contributed by atoms with Crippen molar-refractivity contribution in [2.45, 2.75) is 13.8 Å². The van der Waals surface area contributed by atoms with Gasteiger partial charge in [-0.05, 0) is 26.0 Å². The summed E-state index contributed by atoms with van der Waals surface area (Å²) < 4.78 is 10.8. The van der Waals surface area contributed by atoms with Crippen LogP contribution in [-0.4, -0.2) is 16.7 Å². The minimum atomic E-state index is 0.341. The molecule has 1 aromatic carbocycles. The quantitative estimate of drug-likeness (QED) is 0.790. The third kappa shape index (κ3) is 1.97. The van der Waals surface area contributed by atoms with Gasteiger partial charge in [-0.2, -0.15) is 0 Å². The first kappa shape index (κ1) is 12.5. The van der Waals surface area contributed by atoms with Crippen LogP contribution in [0.4, 0.5) is 5.82 Å². The van der Waals surface area contributed by atoms with E-state index >= 15 is 0 Å². The number of hydrogen-bond donors (Lipinski definition) is 1. The Labute approximate surface area is 116 Å². The molecule has 0 saturated heterocycles. The lowest BCUT2D eigenvalue weighted by Gasteiger charge is -2.11. The number of aromatic nitrogens is 2. The number of benzene rings is 1. The maximum atomic E-state index is 5.90. The maximum Gasteiger partial charge on any atom is 0.260 e. The molecule has 0 spiro atoms. The molecule has 0 saturated carbocycles. The molecular formula is C15H15N3O2. The van der Waals surface area contributed by atoms with Gasteiger partial charge >= 0.3 is 0 Å². The number of nitrogen functional groups attached to an aromatic ring is 1. The summed E-state index contributed by atoms with van der Waals surface area (Å²) in [5.41, 5.74) is 9.08. The highest BCUT2D eigenvalue weighted by Crippen LogP contribution is 2.37. The second-order valence-corrected chi connectivity index (χ2v) is 4.49. The smallest absolute Gasteiger partial charge is 0.260 e. The molecule has 3 aromatic rings. The molecule has 0 aliphatic carbocycles. The second-order valence-electron chi connectivity index (χ2n) is 4.49. The Balaban J connectivity index is 2.31. The Hall–Kier alpha value is -2.56. The number of pyridine rings is 1. The molecule has 0 aliphatic rings. The van der Waals surface area contributed by atoms with E-state index in [9.17, 15) is 0 Å². The van der Waals surface area contributed by atoms with Crippen molar-refractivity contribution in [2.75, 3.05) is 12.3 Å². The molecular weight excluding hydrogens is 254 g/mol. The minimum Gasteiger partial charge on any atom is -0.493 e. The van der Waals surface area contributed by atoms with Crippen LogP contribution in [-0.2, 0) is 0 Å². The summed E-state index contributed by atoms with van der Waals surface area (Å²) in [7, 11) is 0. The Morgan fingerprint density at radius 2 is 2.05 bits per heavy atom. The number of ether oxygens (including phenoxy) is 1. The average molecular weight is 269 g/mol. The van der Waals surface area contributed by atoms with E-state index in [0.29, 0.717) is 18.1 Å². The van der Waals surface area contributed by atoms with Gasteiger partial charge in [-0.15, -0.1) is 0 Å². The number of aryl methyl sites for hydroxylation is 1. The SMILES string of the molecule is CCOc1ccccc1-c1cc(C)nc2onc(N)c12. The minimum absolute atomic E-state index is 0.341. The van der Waals surface area contributed by atoms with Crippen LogP contribution < -0.4 is 10.5 Å². The first-order valence-corrected chi connectivity index (χ1v) is 6.45. The summed E-state index contributed by atoms with van der Waals surface area (Å²) in [4.78, 5) is 4.31. The Bertz CT molecular complexity index is 765. The maximum absolute atomic E-state index is 5.90.